The van der Waals surface area contributed by atoms with Gasteiger partial charge in [-0.2, -0.15) is 0 Å². The average Bonchev–Trinajstić information content (AvgIpc) is 2.82. The van der Waals surface area contributed by atoms with Crippen LogP contribution in [-0.2, 0) is 18.4 Å². The number of hydrogen-bond donors (Lipinski definition) is 0. The molecule has 0 radical (unpaired) electrons. The number of likely N-dealkylation sites (tertiary alicyclic amines) is 2. The van der Waals surface area contributed by atoms with Crippen LogP contribution in [0.25, 0.3) is 11.0 Å². The maximum absolute atomic E-state index is 12.1. The lowest BCUT2D eigenvalue weighted by atomic mass is 9.88. The Balaban J connectivity index is 1.50. The highest BCUT2D eigenvalue weighted by Gasteiger charge is 2.35. The van der Waals surface area contributed by atoms with Crippen LogP contribution in [0.1, 0.15) is 31.5 Å². The summed E-state index contributed by atoms with van der Waals surface area (Å²) >= 11 is 0. The van der Waals surface area contributed by atoms with Gasteiger partial charge in [-0.25, -0.2) is 4.98 Å². The van der Waals surface area contributed by atoms with E-state index in [0.29, 0.717) is 24.3 Å². The molecule has 2 aromatic rings. The lowest BCUT2D eigenvalue weighted by Crippen LogP contribution is -2.50. The molecule has 0 aliphatic carbocycles. The Kier molecular flexibility index (Phi) is 4.04. The Hall–Kier alpha value is -1.88. The summed E-state index contributed by atoms with van der Waals surface area (Å²) in [5, 5.41) is 0. The van der Waals surface area contributed by atoms with Crippen LogP contribution in [0.15, 0.2) is 24.3 Å². The summed E-state index contributed by atoms with van der Waals surface area (Å²) in [6.45, 7) is 3.01. The lowest BCUT2D eigenvalue weighted by molar-refractivity contribution is -0.132. The highest BCUT2D eigenvalue weighted by Crippen LogP contribution is 2.30. The average molecular weight is 326 g/mol. The third kappa shape index (κ3) is 2.71. The fraction of sp³-hybridized carbons (Fsp3) is 0.579. The molecule has 2 atom stereocenters. The lowest BCUT2D eigenvalue weighted by Gasteiger charge is -2.41. The second-order valence-electron chi connectivity index (χ2n) is 7.32. The largest absolute Gasteiger partial charge is 0.342 e. The molecule has 4 rings (SSSR count). The molecule has 2 saturated heterocycles. The maximum Gasteiger partial charge on any atom is 0.222 e. The SMILES string of the molecule is CN1C(=O)CCC[C@@H]2CN(Cc3nc4ccccc4n3C)CC[C@H]21. The molecule has 128 valence electrons. The second kappa shape index (κ2) is 6.20. The van der Waals surface area contributed by atoms with Gasteiger partial charge < -0.3 is 9.47 Å². The van der Waals surface area contributed by atoms with Crippen LogP contribution in [0.3, 0.4) is 0 Å². The van der Waals surface area contributed by atoms with Crippen LogP contribution in [-0.4, -0.2) is 51.4 Å². The minimum absolute atomic E-state index is 0.325. The Morgan fingerprint density at radius 3 is 2.88 bits per heavy atom. The van der Waals surface area contributed by atoms with Crippen LogP contribution >= 0.6 is 0 Å². The molecule has 0 bridgehead atoms. The number of para-hydroxylation sites is 2. The maximum atomic E-state index is 12.1. The van der Waals surface area contributed by atoms with E-state index in [2.05, 4.69) is 34.7 Å². The molecule has 1 aromatic heterocycles. The molecule has 1 aromatic carbocycles. The first kappa shape index (κ1) is 15.6. The number of hydrogen-bond acceptors (Lipinski definition) is 3. The minimum Gasteiger partial charge on any atom is -0.342 e. The summed E-state index contributed by atoms with van der Waals surface area (Å²) in [5.41, 5.74) is 2.27. The summed E-state index contributed by atoms with van der Waals surface area (Å²) in [7, 11) is 4.10. The third-order valence-corrected chi connectivity index (χ3v) is 5.88. The molecule has 2 aliphatic rings. The van der Waals surface area contributed by atoms with Crippen molar-refractivity contribution in [2.75, 3.05) is 20.1 Å². The van der Waals surface area contributed by atoms with Crippen molar-refractivity contribution in [1.82, 2.24) is 19.4 Å². The van der Waals surface area contributed by atoms with Crippen LogP contribution in [0.2, 0.25) is 0 Å². The zero-order valence-corrected chi connectivity index (χ0v) is 14.6. The van der Waals surface area contributed by atoms with Crippen molar-refractivity contribution in [3.8, 4) is 0 Å². The molecular weight excluding hydrogens is 300 g/mol. The Morgan fingerprint density at radius 1 is 1.21 bits per heavy atom. The number of rotatable bonds is 2. The fourth-order valence-corrected chi connectivity index (χ4v) is 4.45. The van der Waals surface area contributed by atoms with Gasteiger partial charge in [0.1, 0.15) is 5.82 Å². The highest BCUT2D eigenvalue weighted by atomic mass is 16.2. The van der Waals surface area contributed by atoms with E-state index in [1.165, 1.54) is 11.9 Å². The van der Waals surface area contributed by atoms with Crippen molar-refractivity contribution >= 4 is 16.9 Å². The normalized spacial score (nSPS) is 25.8. The molecule has 5 heteroatoms. The van der Waals surface area contributed by atoms with Gasteiger partial charge in [0, 0.05) is 39.6 Å². The topological polar surface area (TPSA) is 41.4 Å². The first-order valence-electron chi connectivity index (χ1n) is 9.02. The molecule has 0 N–H and O–H groups in total. The van der Waals surface area contributed by atoms with Gasteiger partial charge in [0.2, 0.25) is 5.91 Å². The molecule has 0 unspecified atom stereocenters. The zero-order valence-electron chi connectivity index (χ0n) is 14.6. The Bertz CT molecular complexity index is 753. The minimum atomic E-state index is 0.325. The highest BCUT2D eigenvalue weighted by molar-refractivity contribution is 5.76. The van der Waals surface area contributed by atoms with Gasteiger partial charge >= 0.3 is 0 Å². The Labute approximate surface area is 143 Å². The van der Waals surface area contributed by atoms with Crippen LogP contribution < -0.4 is 0 Å². The number of piperidine rings is 1. The molecule has 2 aliphatic heterocycles. The zero-order chi connectivity index (χ0) is 16.7. The van der Waals surface area contributed by atoms with Crippen molar-refractivity contribution in [3.63, 3.8) is 0 Å². The van der Waals surface area contributed by atoms with E-state index < -0.39 is 0 Å². The standard InChI is InChI=1S/C19H26N4O/c1-21-17-8-4-3-7-15(17)20-18(21)13-23-11-10-16-14(12-23)6-5-9-19(24)22(16)2/h3-4,7-8,14,16H,5-6,9-13H2,1-2H3/t14-,16-/m1/s1. The number of imidazole rings is 1. The van der Waals surface area contributed by atoms with E-state index in [1.54, 1.807) is 0 Å². The Morgan fingerprint density at radius 2 is 2.04 bits per heavy atom. The van der Waals surface area contributed by atoms with Gasteiger partial charge in [-0.3, -0.25) is 9.69 Å². The summed E-state index contributed by atoms with van der Waals surface area (Å²) in [5.74, 6) is 2.06. The van der Waals surface area contributed by atoms with Crippen LogP contribution in [0.5, 0.6) is 0 Å². The van der Waals surface area contributed by atoms with Crippen molar-refractivity contribution < 1.29 is 4.79 Å². The number of carbonyl (C=O) groups is 1. The van der Waals surface area contributed by atoms with Crippen LogP contribution in [0, 0.1) is 5.92 Å². The van der Waals surface area contributed by atoms with E-state index >= 15 is 0 Å². The number of aromatic nitrogens is 2. The number of aryl methyl sites for hydroxylation is 1. The predicted octanol–water partition coefficient (Wildman–Crippen LogP) is 2.41. The van der Waals surface area contributed by atoms with Gasteiger partial charge in [0.15, 0.2) is 0 Å². The molecule has 3 heterocycles. The number of fused-ring (bicyclic) bond motifs is 2. The van der Waals surface area contributed by atoms with E-state index in [9.17, 15) is 4.79 Å². The number of nitrogens with zero attached hydrogens (tertiary/aromatic N) is 4. The van der Waals surface area contributed by atoms with E-state index in [1.807, 2.05) is 18.0 Å². The monoisotopic (exact) mass is 326 g/mol. The number of benzene rings is 1. The number of carbonyl (C=O) groups excluding carboxylic acids is 1. The van der Waals surface area contributed by atoms with Gasteiger partial charge in [0.05, 0.1) is 17.6 Å². The van der Waals surface area contributed by atoms with Crippen molar-refractivity contribution in [3.05, 3.63) is 30.1 Å². The summed E-state index contributed by atoms with van der Waals surface area (Å²) in [6, 6.07) is 8.75. The summed E-state index contributed by atoms with van der Waals surface area (Å²) in [6.07, 6.45) is 4.00. The first-order valence-corrected chi connectivity index (χ1v) is 9.02. The van der Waals surface area contributed by atoms with Gasteiger partial charge in [-0.05, 0) is 37.3 Å². The fourth-order valence-electron chi connectivity index (χ4n) is 4.45. The smallest absolute Gasteiger partial charge is 0.222 e. The van der Waals surface area contributed by atoms with E-state index in [-0.39, 0.29) is 0 Å². The van der Waals surface area contributed by atoms with E-state index in [0.717, 1.165) is 43.8 Å². The van der Waals surface area contributed by atoms with Gasteiger partial charge in [-0.15, -0.1) is 0 Å². The molecular formula is C19H26N4O. The predicted molar refractivity (Wildman–Crippen MR) is 94.5 cm³/mol. The van der Waals surface area contributed by atoms with Gasteiger partial charge in [0.25, 0.3) is 0 Å². The second-order valence-corrected chi connectivity index (χ2v) is 7.32. The molecule has 5 nitrogen and oxygen atoms in total. The number of amides is 1. The molecule has 0 saturated carbocycles. The molecule has 2 fully saturated rings. The summed E-state index contributed by atoms with van der Waals surface area (Å²) in [4.78, 5) is 21.4. The van der Waals surface area contributed by atoms with E-state index in [4.69, 9.17) is 4.98 Å². The molecule has 1 amide bonds. The van der Waals surface area contributed by atoms with Gasteiger partial charge in [-0.1, -0.05) is 12.1 Å². The van der Waals surface area contributed by atoms with Crippen molar-refractivity contribution in [1.29, 1.82) is 0 Å². The quantitative estimate of drug-likeness (QED) is 0.851. The summed E-state index contributed by atoms with van der Waals surface area (Å²) < 4.78 is 2.21. The molecule has 24 heavy (non-hydrogen) atoms. The van der Waals surface area contributed by atoms with Crippen molar-refractivity contribution in [2.45, 2.75) is 38.3 Å². The van der Waals surface area contributed by atoms with Crippen molar-refractivity contribution in [2.24, 2.45) is 13.0 Å². The van der Waals surface area contributed by atoms with Crippen LogP contribution in [0.4, 0.5) is 0 Å². The third-order valence-electron chi connectivity index (χ3n) is 5.88. The molecule has 0 spiro atoms. The first-order chi connectivity index (χ1) is 11.6.